The zero-order valence-electron chi connectivity index (χ0n) is 19.1. The minimum atomic E-state index is -0.117. The van der Waals surface area contributed by atoms with Crippen molar-refractivity contribution in [3.8, 4) is 0 Å². The maximum Gasteiger partial charge on any atom is 0.266 e. The van der Waals surface area contributed by atoms with Crippen LogP contribution in [0.4, 0.5) is 0 Å². The summed E-state index contributed by atoms with van der Waals surface area (Å²) in [5.74, 6) is 1.64. The average molecular weight is 440 g/mol. The first-order valence-corrected chi connectivity index (χ1v) is 12.2. The van der Waals surface area contributed by atoms with Gasteiger partial charge in [-0.05, 0) is 22.3 Å². The highest BCUT2D eigenvalue weighted by Gasteiger charge is 2.59. The lowest BCUT2D eigenvalue weighted by Gasteiger charge is -2.50. The Labute approximate surface area is 200 Å². The van der Waals surface area contributed by atoms with Crippen molar-refractivity contribution in [2.24, 2.45) is 0 Å². The van der Waals surface area contributed by atoms with E-state index in [0.29, 0.717) is 6.04 Å². The van der Waals surface area contributed by atoms with Gasteiger partial charge in [-0.1, -0.05) is 115 Å². The van der Waals surface area contributed by atoms with Crippen molar-refractivity contribution in [1.29, 1.82) is 0 Å². The second kappa shape index (κ2) is 7.56. The molecule has 2 aliphatic heterocycles. The fourth-order valence-electron chi connectivity index (χ4n) is 6.64. The number of hydrogen-bond acceptors (Lipinski definition) is 0. The van der Waals surface area contributed by atoms with Gasteiger partial charge in [0.05, 0.1) is 5.92 Å². The third-order valence-corrected chi connectivity index (χ3v) is 8.01. The molecule has 2 nitrogen and oxygen atoms in total. The quantitative estimate of drug-likeness (QED) is 0.293. The molecule has 4 aromatic carbocycles. The number of rotatable bonds is 4. The van der Waals surface area contributed by atoms with E-state index in [2.05, 4.69) is 137 Å². The van der Waals surface area contributed by atoms with Crippen LogP contribution in [0, 0.1) is 0 Å². The Hall–Kier alpha value is -3.91. The van der Waals surface area contributed by atoms with Gasteiger partial charge in [-0.2, -0.15) is 0 Å². The SMILES string of the molecule is c1ccc(C[n+]2ccn3c2C2c4ccccc4C3CC2(c2ccccc2)c2ccccc2)cc1. The van der Waals surface area contributed by atoms with Gasteiger partial charge in [-0.25, -0.2) is 9.13 Å². The lowest BCUT2D eigenvalue weighted by atomic mass is 9.54. The lowest BCUT2D eigenvalue weighted by Crippen LogP contribution is -2.53. The second-order valence-electron chi connectivity index (χ2n) is 9.66. The molecule has 1 aliphatic carbocycles. The first-order chi connectivity index (χ1) is 16.9. The van der Waals surface area contributed by atoms with Gasteiger partial charge in [0.15, 0.2) is 0 Å². The van der Waals surface area contributed by atoms with Crippen LogP contribution in [0.5, 0.6) is 0 Å². The third kappa shape index (κ3) is 2.72. The molecule has 2 unspecified atom stereocenters. The standard InChI is InChI=1S/C32H27N2/c1-4-12-24(13-5-1)23-33-20-21-34-29-22-32(25-14-6-2-7-15-25,26-16-8-3-9-17-26)30(31(33)34)28-19-11-10-18-27(28)29/h1-21,29-30H,22-23H2/q+1. The summed E-state index contributed by atoms with van der Waals surface area (Å²) in [5.41, 5.74) is 6.98. The van der Waals surface area contributed by atoms with Gasteiger partial charge in [0.1, 0.15) is 25.0 Å². The largest absolute Gasteiger partial charge is 0.266 e. The van der Waals surface area contributed by atoms with Crippen LogP contribution in [0.25, 0.3) is 0 Å². The van der Waals surface area contributed by atoms with E-state index in [0.717, 1.165) is 13.0 Å². The number of benzene rings is 4. The zero-order chi connectivity index (χ0) is 22.5. The molecular weight excluding hydrogens is 412 g/mol. The van der Waals surface area contributed by atoms with Crippen molar-refractivity contribution in [1.82, 2.24) is 4.57 Å². The average Bonchev–Trinajstić information content (AvgIpc) is 3.34. The molecular formula is C32H27N2+. The molecule has 0 saturated carbocycles. The third-order valence-electron chi connectivity index (χ3n) is 8.01. The van der Waals surface area contributed by atoms with E-state index < -0.39 is 0 Å². The summed E-state index contributed by atoms with van der Waals surface area (Å²) in [4.78, 5) is 0. The first-order valence-electron chi connectivity index (χ1n) is 12.2. The summed E-state index contributed by atoms with van der Waals surface area (Å²) in [6.07, 6.45) is 5.67. The van der Waals surface area contributed by atoms with E-state index in [9.17, 15) is 0 Å². The van der Waals surface area contributed by atoms with Gasteiger partial charge in [-0.3, -0.25) is 0 Å². The predicted molar refractivity (Wildman–Crippen MR) is 135 cm³/mol. The van der Waals surface area contributed by atoms with Crippen LogP contribution in [-0.4, -0.2) is 4.57 Å². The Morgan fingerprint density at radius 2 is 1.24 bits per heavy atom. The number of fused-ring (bicyclic) bond motifs is 1. The van der Waals surface area contributed by atoms with E-state index in [1.165, 1.54) is 33.6 Å². The fraction of sp³-hybridized carbons (Fsp3) is 0.156. The first kappa shape index (κ1) is 19.5. The molecule has 3 aliphatic rings. The van der Waals surface area contributed by atoms with E-state index >= 15 is 0 Å². The normalized spacial score (nSPS) is 19.4. The number of imidazole rings is 1. The summed E-state index contributed by atoms with van der Waals surface area (Å²) >= 11 is 0. The maximum absolute atomic E-state index is 2.56. The molecule has 1 aromatic heterocycles. The Kier molecular flexibility index (Phi) is 4.35. The molecule has 2 bridgehead atoms. The molecule has 0 N–H and O–H groups in total. The fourth-order valence-corrected chi connectivity index (χ4v) is 6.64. The van der Waals surface area contributed by atoms with Crippen molar-refractivity contribution in [3.05, 3.63) is 161 Å². The van der Waals surface area contributed by atoms with Gasteiger partial charge >= 0.3 is 0 Å². The van der Waals surface area contributed by atoms with Crippen LogP contribution in [-0.2, 0) is 12.0 Å². The van der Waals surface area contributed by atoms with Gasteiger partial charge in [0.2, 0.25) is 0 Å². The van der Waals surface area contributed by atoms with Crippen molar-refractivity contribution in [2.45, 2.75) is 30.3 Å². The summed E-state index contributed by atoms with van der Waals surface area (Å²) in [6, 6.07) is 42.7. The number of aromatic nitrogens is 2. The Balaban J connectivity index is 1.52. The molecule has 0 spiro atoms. The molecule has 0 amide bonds. The summed E-state index contributed by atoms with van der Waals surface area (Å²) in [7, 11) is 0. The molecule has 2 atom stereocenters. The van der Waals surface area contributed by atoms with Gasteiger partial charge in [0.25, 0.3) is 5.82 Å². The lowest BCUT2D eigenvalue weighted by molar-refractivity contribution is -0.697. The van der Waals surface area contributed by atoms with Crippen LogP contribution in [0.15, 0.2) is 128 Å². The van der Waals surface area contributed by atoms with Gasteiger partial charge < -0.3 is 0 Å². The predicted octanol–water partition coefficient (Wildman–Crippen LogP) is 6.25. The highest BCUT2D eigenvalue weighted by molar-refractivity contribution is 5.55. The molecule has 164 valence electrons. The van der Waals surface area contributed by atoms with E-state index in [4.69, 9.17) is 0 Å². The van der Waals surface area contributed by atoms with E-state index in [1.807, 2.05) is 0 Å². The van der Waals surface area contributed by atoms with Crippen LogP contribution in [0.3, 0.4) is 0 Å². The molecule has 3 heterocycles. The molecule has 0 saturated heterocycles. The maximum atomic E-state index is 2.56. The topological polar surface area (TPSA) is 8.81 Å². The van der Waals surface area contributed by atoms with Crippen molar-refractivity contribution < 1.29 is 4.57 Å². The van der Waals surface area contributed by atoms with Crippen LogP contribution in [0.2, 0.25) is 0 Å². The smallest absolute Gasteiger partial charge is 0.229 e. The summed E-state index contributed by atoms with van der Waals surface area (Å²) < 4.78 is 5.04. The van der Waals surface area contributed by atoms with Crippen LogP contribution < -0.4 is 4.57 Å². The molecule has 0 fully saturated rings. The summed E-state index contributed by atoms with van der Waals surface area (Å²) in [5, 5.41) is 0. The molecule has 5 aromatic rings. The van der Waals surface area contributed by atoms with Gasteiger partial charge in [-0.15, -0.1) is 0 Å². The molecule has 0 radical (unpaired) electrons. The van der Waals surface area contributed by atoms with Crippen LogP contribution in [0.1, 0.15) is 52.0 Å². The monoisotopic (exact) mass is 439 g/mol. The van der Waals surface area contributed by atoms with Crippen LogP contribution >= 0.6 is 0 Å². The Morgan fingerprint density at radius 1 is 0.676 bits per heavy atom. The van der Waals surface area contributed by atoms with E-state index in [-0.39, 0.29) is 11.3 Å². The van der Waals surface area contributed by atoms with Gasteiger partial charge in [0, 0.05) is 17.4 Å². The molecule has 2 heteroatoms. The number of hydrogen-bond donors (Lipinski definition) is 0. The van der Waals surface area contributed by atoms with Crippen molar-refractivity contribution >= 4 is 0 Å². The zero-order valence-corrected chi connectivity index (χ0v) is 19.1. The highest BCUT2D eigenvalue weighted by Crippen LogP contribution is 2.61. The Bertz CT molecular complexity index is 1410. The minimum Gasteiger partial charge on any atom is -0.229 e. The molecule has 8 rings (SSSR count). The highest BCUT2D eigenvalue weighted by atomic mass is 15.2. The summed E-state index contributed by atoms with van der Waals surface area (Å²) in [6.45, 7) is 0.883. The minimum absolute atomic E-state index is 0.117. The second-order valence-corrected chi connectivity index (χ2v) is 9.66. The van der Waals surface area contributed by atoms with E-state index in [1.54, 1.807) is 0 Å². The van der Waals surface area contributed by atoms with Crippen molar-refractivity contribution in [2.75, 3.05) is 0 Å². The van der Waals surface area contributed by atoms with Crippen molar-refractivity contribution in [3.63, 3.8) is 0 Å². The molecule has 34 heavy (non-hydrogen) atoms. The number of nitrogens with zero attached hydrogens (tertiary/aromatic N) is 2. The Morgan fingerprint density at radius 3 is 1.88 bits per heavy atom.